The van der Waals surface area contributed by atoms with Crippen molar-refractivity contribution in [3.8, 4) is 11.5 Å². The zero-order valence-electron chi connectivity index (χ0n) is 22.7. The van der Waals surface area contributed by atoms with Crippen molar-refractivity contribution in [2.75, 3.05) is 18.4 Å². The number of likely N-dealkylation sites (tertiary alicyclic amines) is 1. The predicted molar refractivity (Wildman–Crippen MR) is 156 cm³/mol. The molecular weight excluding hydrogens is 502 g/mol. The number of hydrogen-bond donors (Lipinski definition) is 1. The largest absolute Gasteiger partial charge is 0.457 e. The maximum atomic E-state index is 12.3. The van der Waals surface area contributed by atoms with Gasteiger partial charge in [-0.3, -0.25) is 4.79 Å². The van der Waals surface area contributed by atoms with E-state index in [1.807, 2.05) is 72.0 Å². The van der Waals surface area contributed by atoms with Crippen LogP contribution in [-0.4, -0.2) is 48.4 Å². The summed E-state index contributed by atoms with van der Waals surface area (Å²) in [5, 5.41) is 3.42. The van der Waals surface area contributed by atoms with Gasteiger partial charge in [-0.25, -0.2) is 19.9 Å². The van der Waals surface area contributed by atoms with Crippen LogP contribution in [0.15, 0.2) is 73.8 Å². The Morgan fingerprint density at radius 2 is 1.98 bits per heavy atom. The van der Waals surface area contributed by atoms with Crippen molar-refractivity contribution < 1.29 is 9.53 Å². The van der Waals surface area contributed by atoms with E-state index in [1.165, 1.54) is 6.08 Å². The average Bonchev–Trinajstić information content (AvgIpc) is 3.16. The molecule has 1 saturated heterocycles. The van der Waals surface area contributed by atoms with E-state index in [2.05, 4.69) is 26.8 Å². The van der Waals surface area contributed by atoms with Crippen LogP contribution in [0.4, 0.5) is 11.5 Å². The van der Waals surface area contributed by atoms with E-state index < -0.39 is 0 Å². The fourth-order valence-electron chi connectivity index (χ4n) is 5.27. The number of hydrogen-bond acceptors (Lipinski definition) is 7. The molecule has 0 spiro atoms. The molecule has 4 heterocycles. The van der Waals surface area contributed by atoms with E-state index in [4.69, 9.17) is 9.72 Å². The summed E-state index contributed by atoms with van der Waals surface area (Å²) in [6, 6.07) is 15.8. The molecular formula is C31H31N7O2. The van der Waals surface area contributed by atoms with Gasteiger partial charge in [-0.05, 0) is 73.9 Å². The molecule has 9 nitrogen and oxygen atoms in total. The Hall–Kier alpha value is -4.79. The lowest BCUT2D eigenvalue weighted by Crippen LogP contribution is -2.32. The molecule has 0 bridgehead atoms. The number of amides is 1. The standard InChI is InChI=1S/C31H31N7O2/c1-4-29(39)38-14-6-5-7-21(17-38)24-10-11-25-30(36-24)31(33-18-32-25)35-22-8-13-28(20(2)15-22)40-23-9-12-27-26(16-23)34-19-37(27)3/h4,8-13,15-16,18-19,21H,1,5-7,14,17H2,2-3H3,(H,32,33,35). The SMILES string of the molecule is C=CC(=O)N1CCCCC(c2ccc3ncnc(Nc4ccc(Oc5ccc6c(c5)ncn6C)c(C)c4)c3n2)C1. The van der Waals surface area contributed by atoms with E-state index in [9.17, 15) is 4.79 Å². The topological polar surface area (TPSA) is 98.1 Å². The molecule has 202 valence electrons. The van der Waals surface area contributed by atoms with Crippen molar-refractivity contribution in [3.05, 3.63) is 85.1 Å². The van der Waals surface area contributed by atoms with Gasteiger partial charge in [0, 0.05) is 43.5 Å². The summed E-state index contributed by atoms with van der Waals surface area (Å²) >= 11 is 0. The van der Waals surface area contributed by atoms with E-state index in [1.54, 1.807) is 12.7 Å². The number of nitrogens with one attached hydrogen (secondary N) is 1. The normalized spacial score (nSPS) is 15.7. The molecule has 1 fully saturated rings. The molecule has 9 heteroatoms. The van der Waals surface area contributed by atoms with Crippen LogP contribution in [0.1, 0.15) is 36.4 Å². The van der Waals surface area contributed by atoms with E-state index in [-0.39, 0.29) is 11.8 Å². The second-order valence-corrected chi connectivity index (χ2v) is 10.2. The van der Waals surface area contributed by atoms with Gasteiger partial charge in [-0.2, -0.15) is 0 Å². The first-order valence-corrected chi connectivity index (χ1v) is 13.5. The third-order valence-corrected chi connectivity index (χ3v) is 7.44. The van der Waals surface area contributed by atoms with Crippen LogP contribution >= 0.6 is 0 Å². The van der Waals surface area contributed by atoms with Crippen LogP contribution < -0.4 is 10.1 Å². The summed E-state index contributed by atoms with van der Waals surface area (Å²) < 4.78 is 8.16. The first-order valence-electron chi connectivity index (χ1n) is 13.5. The van der Waals surface area contributed by atoms with Crippen molar-refractivity contribution in [2.24, 2.45) is 7.05 Å². The third kappa shape index (κ3) is 5.10. The first kappa shape index (κ1) is 25.5. The second-order valence-electron chi connectivity index (χ2n) is 10.2. The Morgan fingerprint density at radius 1 is 1.07 bits per heavy atom. The summed E-state index contributed by atoms with van der Waals surface area (Å²) in [6.07, 6.45) is 7.73. The predicted octanol–water partition coefficient (Wildman–Crippen LogP) is 6.04. The monoisotopic (exact) mass is 533 g/mol. The molecule has 1 unspecified atom stereocenters. The number of nitrogens with zero attached hydrogens (tertiary/aromatic N) is 6. The number of carbonyl (C=O) groups excluding carboxylic acids is 1. The number of aromatic nitrogens is 5. The molecule has 1 amide bonds. The van der Waals surface area contributed by atoms with Crippen LogP contribution in [0.2, 0.25) is 0 Å². The van der Waals surface area contributed by atoms with Crippen molar-refractivity contribution >= 4 is 39.5 Å². The highest BCUT2D eigenvalue weighted by molar-refractivity contribution is 5.88. The first-order chi connectivity index (χ1) is 19.5. The van der Waals surface area contributed by atoms with Crippen LogP contribution in [0.5, 0.6) is 11.5 Å². The van der Waals surface area contributed by atoms with Gasteiger partial charge in [0.2, 0.25) is 5.91 Å². The number of carbonyl (C=O) groups is 1. The van der Waals surface area contributed by atoms with Crippen molar-refractivity contribution in [2.45, 2.75) is 32.1 Å². The quantitative estimate of drug-likeness (QED) is 0.266. The number of rotatable bonds is 6. The summed E-state index contributed by atoms with van der Waals surface area (Å²) in [5.41, 5.74) is 6.20. The molecule has 1 atom stereocenters. The molecule has 3 aromatic heterocycles. The van der Waals surface area contributed by atoms with Crippen molar-refractivity contribution in [3.63, 3.8) is 0 Å². The minimum Gasteiger partial charge on any atom is -0.457 e. The molecule has 1 aliphatic heterocycles. The third-order valence-electron chi connectivity index (χ3n) is 7.44. The van der Waals surface area contributed by atoms with Crippen LogP contribution in [0.3, 0.4) is 0 Å². The van der Waals surface area contributed by atoms with Gasteiger partial charge in [0.05, 0.1) is 22.9 Å². The number of pyridine rings is 1. The minimum absolute atomic E-state index is 0.0292. The number of imidazole rings is 1. The lowest BCUT2D eigenvalue weighted by molar-refractivity contribution is -0.126. The van der Waals surface area contributed by atoms with Crippen molar-refractivity contribution in [1.29, 1.82) is 0 Å². The smallest absolute Gasteiger partial charge is 0.245 e. The summed E-state index contributed by atoms with van der Waals surface area (Å²) in [6.45, 7) is 7.05. The molecule has 0 saturated carbocycles. The fourth-order valence-corrected chi connectivity index (χ4v) is 5.27. The fraction of sp³-hybridized carbons (Fsp3) is 0.258. The minimum atomic E-state index is -0.0292. The van der Waals surface area contributed by atoms with Gasteiger partial charge in [0.15, 0.2) is 5.82 Å². The van der Waals surface area contributed by atoms with Crippen LogP contribution in [-0.2, 0) is 11.8 Å². The van der Waals surface area contributed by atoms with Crippen LogP contribution in [0, 0.1) is 6.92 Å². The number of anilines is 2. The lowest BCUT2D eigenvalue weighted by Gasteiger charge is -2.23. The van der Waals surface area contributed by atoms with Gasteiger partial charge >= 0.3 is 0 Å². The maximum Gasteiger partial charge on any atom is 0.245 e. The second kappa shape index (κ2) is 10.8. The molecule has 6 rings (SSSR count). The lowest BCUT2D eigenvalue weighted by atomic mass is 9.98. The Kier molecular flexibility index (Phi) is 6.86. The van der Waals surface area contributed by atoms with E-state index >= 15 is 0 Å². The van der Waals surface area contributed by atoms with Gasteiger partial charge in [-0.15, -0.1) is 0 Å². The maximum absolute atomic E-state index is 12.3. The highest BCUT2D eigenvalue weighted by Gasteiger charge is 2.23. The Bertz CT molecular complexity index is 1730. The zero-order valence-corrected chi connectivity index (χ0v) is 22.7. The van der Waals surface area contributed by atoms with Gasteiger partial charge < -0.3 is 19.5 Å². The van der Waals surface area contributed by atoms with Crippen molar-refractivity contribution in [1.82, 2.24) is 29.4 Å². The molecule has 0 aliphatic carbocycles. The number of benzene rings is 2. The summed E-state index contributed by atoms with van der Waals surface area (Å²) in [4.78, 5) is 32.5. The molecule has 2 aromatic carbocycles. The molecule has 40 heavy (non-hydrogen) atoms. The Morgan fingerprint density at radius 3 is 2.83 bits per heavy atom. The van der Waals surface area contributed by atoms with E-state index in [0.29, 0.717) is 17.9 Å². The molecule has 0 radical (unpaired) electrons. The van der Waals surface area contributed by atoms with Gasteiger partial charge in [0.25, 0.3) is 0 Å². The number of fused-ring (bicyclic) bond motifs is 2. The zero-order chi connectivity index (χ0) is 27.6. The number of ether oxygens (including phenoxy) is 1. The highest BCUT2D eigenvalue weighted by atomic mass is 16.5. The van der Waals surface area contributed by atoms with Gasteiger partial charge in [0.1, 0.15) is 23.3 Å². The molecule has 5 aromatic rings. The molecule has 1 aliphatic rings. The summed E-state index contributed by atoms with van der Waals surface area (Å²) in [7, 11) is 1.97. The average molecular weight is 534 g/mol. The molecule has 1 N–H and O–H groups in total. The Labute approximate surface area is 232 Å². The Balaban J connectivity index is 1.24. The number of aryl methyl sites for hydroxylation is 2. The van der Waals surface area contributed by atoms with E-state index in [0.717, 1.165) is 70.8 Å². The highest BCUT2D eigenvalue weighted by Crippen LogP contribution is 2.32. The van der Waals surface area contributed by atoms with Crippen LogP contribution in [0.25, 0.3) is 22.1 Å². The van der Waals surface area contributed by atoms with Gasteiger partial charge in [-0.1, -0.05) is 13.0 Å². The summed E-state index contributed by atoms with van der Waals surface area (Å²) in [5.74, 6) is 2.25.